The Bertz CT molecular complexity index is 414. The van der Waals surface area contributed by atoms with E-state index < -0.39 is 11.9 Å². The predicted octanol–water partition coefficient (Wildman–Crippen LogP) is 1.90. The second-order valence-corrected chi connectivity index (χ2v) is 3.30. The smallest absolute Gasteiger partial charge is 0.337 e. The topological polar surface area (TPSA) is 86.6 Å². The van der Waals surface area contributed by atoms with Gasteiger partial charge in [0.25, 0.3) is 0 Å². The number of nitrogens with one attached hydrogen (secondary N) is 1. The number of hydrogen-bond donors (Lipinski definition) is 3. The maximum absolute atomic E-state index is 10.9. The summed E-state index contributed by atoms with van der Waals surface area (Å²) >= 11 is 0. The highest BCUT2D eigenvalue weighted by Gasteiger charge is 2.12. The van der Waals surface area contributed by atoms with Gasteiger partial charge in [-0.15, -0.1) is 0 Å². The minimum atomic E-state index is -1.07. The van der Waals surface area contributed by atoms with Gasteiger partial charge in [0.05, 0.1) is 11.1 Å². The summed E-state index contributed by atoms with van der Waals surface area (Å²) in [5.41, 5.74) is 0.497. The van der Waals surface area contributed by atoms with Crippen LogP contribution in [0.5, 0.6) is 0 Å². The van der Waals surface area contributed by atoms with Gasteiger partial charge in [-0.05, 0) is 24.6 Å². The van der Waals surface area contributed by atoms with Crippen LogP contribution in [-0.2, 0) is 0 Å². The maximum atomic E-state index is 10.9. The number of anilines is 1. The van der Waals surface area contributed by atoms with E-state index in [9.17, 15) is 9.59 Å². The minimum Gasteiger partial charge on any atom is -0.478 e. The number of rotatable bonds is 5. The molecule has 0 unspecified atom stereocenters. The van der Waals surface area contributed by atoms with E-state index in [1.165, 1.54) is 18.2 Å². The minimum absolute atomic E-state index is 0.0728. The van der Waals surface area contributed by atoms with Crippen molar-refractivity contribution in [2.75, 3.05) is 11.9 Å². The second kappa shape index (κ2) is 5.16. The van der Waals surface area contributed by atoms with Crippen molar-refractivity contribution in [3.05, 3.63) is 29.3 Å². The van der Waals surface area contributed by atoms with Gasteiger partial charge in [-0.3, -0.25) is 0 Å². The molecular weight excluding hydrogens is 210 g/mol. The molecule has 0 amide bonds. The van der Waals surface area contributed by atoms with E-state index in [0.717, 1.165) is 6.42 Å². The summed E-state index contributed by atoms with van der Waals surface area (Å²) in [4.78, 5) is 21.6. The van der Waals surface area contributed by atoms with Crippen LogP contribution in [0.25, 0.3) is 0 Å². The molecule has 86 valence electrons. The van der Waals surface area contributed by atoms with E-state index in [4.69, 9.17) is 10.2 Å². The van der Waals surface area contributed by atoms with Crippen LogP contribution in [0.2, 0.25) is 0 Å². The van der Waals surface area contributed by atoms with E-state index in [1.807, 2.05) is 6.92 Å². The Hall–Kier alpha value is -2.04. The molecule has 0 atom stereocenters. The number of carboxylic acids is 2. The fraction of sp³-hybridized carbons (Fsp3) is 0.273. The maximum Gasteiger partial charge on any atom is 0.337 e. The number of aromatic carboxylic acids is 2. The van der Waals surface area contributed by atoms with Gasteiger partial charge >= 0.3 is 11.9 Å². The van der Waals surface area contributed by atoms with Crippen molar-refractivity contribution < 1.29 is 19.8 Å². The van der Waals surface area contributed by atoms with Gasteiger partial charge in [-0.25, -0.2) is 9.59 Å². The fourth-order valence-corrected chi connectivity index (χ4v) is 1.27. The molecule has 3 N–H and O–H groups in total. The molecule has 0 aliphatic carbocycles. The zero-order chi connectivity index (χ0) is 12.1. The highest BCUT2D eigenvalue weighted by atomic mass is 16.4. The van der Waals surface area contributed by atoms with Crippen molar-refractivity contribution in [3.8, 4) is 0 Å². The van der Waals surface area contributed by atoms with Crippen molar-refractivity contribution in [2.24, 2.45) is 0 Å². The first-order chi connectivity index (χ1) is 7.56. The van der Waals surface area contributed by atoms with Crippen molar-refractivity contribution in [1.82, 2.24) is 0 Å². The van der Waals surface area contributed by atoms with Crippen molar-refractivity contribution >= 4 is 17.6 Å². The molecule has 1 rings (SSSR count). The molecule has 5 heteroatoms. The van der Waals surface area contributed by atoms with Gasteiger partial charge < -0.3 is 15.5 Å². The molecule has 0 aliphatic heterocycles. The monoisotopic (exact) mass is 223 g/mol. The van der Waals surface area contributed by atoms with Crippen LogP contribution in [0.1, 0.15) is 34.1 Å². The summed E-state index contributed by atoms with van der Waals surface area (Å²) in [6.07, 6.45) is 0.830. The van der Waals surface area contributed by atoms with E-state index in [2.05, 4.69) is 5.32 Å². The summed E-state index contributed by atoms with van der Waals surface area (Å²) in [7, 11) is 0. The summed E-state index contributed by atoms with van der Waals surface area (Å²) in [5.74, 6) is -2.15. The summed E-state index contributed by atoms with van der Waals surface area (Å²) in [6, 6.07) is 3.91. The van der Waals surface area contributed by atoms with Crippen LogP contribution in [0.15, 0.2) is 18.2 Å². The summed E-state index contributed by atoms with van der Waals surface area (Å²) in [6.45, 7) is 2.54. The van der Waals surface area contributed by atoms with Crippen molar-refractivity contribution in [1.29, 1.82) is 0 Å². The quantitative estimate of drug-likeness (QED) is 0.709. The van der Waals surface area contributed by atoms with Crippen LogP contribution >= 0.6 is 0 Å². The third-order valence-electron chi connectivity index (χ3n) is 2.06. The molecule has 5 nitrogen and oxygen atoms in total. The van der Waals surface area contributed by atoms with Gasteiger partial charge in [0.2, 0.25) is 0 Å². The lowest BCUT2D eigenvalue weighted by atomic mass is 10.1. The average Bonchev–Trinajstić information content (AvgIpc) is 2.25. The molecule has 0 saturated carbocycles. The van der Waals surface area contributed by atoms with Crippen molar-refractivity contribution in [3.63, 3.8) is 0 Å². The number of hydrogen-bond acceptors (Lipinski definition) is 3. The standard InChI is InChI=1S/C11H13NO4/c1-2-5-12-9-6-7(10(13)14)3-4-8(9)11(15)16/h3-4,6,12H,2,5H2,1H3,(H,13,14)(H,15,16). The van der Waals surface area contributed by atoms with Gasteiger partial charge in [-0.2, -0.15) is 0 Å². The lowest BCUT2D eigenvalue weighted by Crippen LogP contribution is -2.09. The lowest BCUT2D eigenvalue weighted by molar-refractivity contribution is 0.0682. The van der Waals surface area contributed by atoms with E-state index in [1.54, 1.807) is 0 Å². The largest absolute Gasteiger partial charge is 0.478 e. The molecule has 0 saturated heterocycles. The van der Waals surface area contributed by atoms with E-state index >= 15 is 0 Å². The highest BCUT2D eigenvalue weighted by molar-refractivity contribution is 5.97. The molecule has 0 bridgehead atoms. The first kappa shape index (κ1) is 12.0. The first-order valence-electron chi connectivity index (χ1n) is 4.90. The SMILES string of the molecule is CCCNc1cc(C(=O)O)ccc1C(=O)O. The number of benzene rings is 1. The normalized spacial score (nSPS) is 9.81. The molecule has 0 fully saturated rings. The third-order valence-corrected chi connectivity index (χ3v) is 2.06. The Morgan fingerprint density at radius 2 is 1.94 bits per heavy atom. The lowest BCUT2D eigenvalue weighted by Gasteiger charge is -2.09. The molecule has 0 radical (unpaired) electrons. The molecule has 0 spiro atoms. The second-order valence-electron chi connectivity index (χ2n) is 3.30. The zero-order valence-electron chi connectivity index (χ0n) is 8.86. The fourth-order valence-electron chi connectivity index (χ4n) is 1.27. The van der Waals surface area contributed by atoms with Crippen LogP contribution in [-0.4, -0.2) is 28.7 Å². The van der Waals surface area contributed by atoms with Gasteiger partial charge in [0, 0.05) is 12.2 Å². The van der Waals surface area contributed by atoms with Crippen molar-refractivity contribution in [2.45, 2.75) is 13.3 Å². The molecule has 0 heterocycles. The van der Waals surface area contributed by atoms with E-state index in [0.29, 0.717) is 12.2 Å². The molecule has 0 aromatic heterocycles. The van der Waals surface area contributed by atoms with Gasteiger partial charge in [0.15, 0.2) is 0 Å². The summed E-state index contributed by atoms with van der Waals surface area (Å²) < 4.78 is 0. The Balaban J connectivity index is 3.10. The number of carboxylic acid groups (broad SMARTS) is 2. The van der Waals surface area contributed by atoms with Gasteiger partial charge in [-0.1, -0.05) is 6.92 Å². The molecular formula is C11H13NO4. The third kappa shape index (κ3) is 2.73. The molecule has 0 aliphatic rings. The molecule has 1 aromatic carbocycles. The Kier molecular flexibility index (Phi) is 3.88. The van der Waals surface area contributed by atoms with Crippen LogP contribution < -0.4 is 5.32 Å². The highest BCUT2D eigenvalue weighted by Crippen LogP contribution is 2.18. The molecule has 1 aromatic rings. The number of carbonyl (C=O) groups is 2. The van der Waals surface area contributed by atoms with Crippen LogP contribution in [0, 0.1) is 0 Å². The molecule has 16 heavy (non-hydrogen) atoms. The van der Waals surface area contributed by atoms with Gasteiger partial charge in [0.1, 0.15) is 0 Å². The van der Waals surface area contributed by atoms with E-state index in [-0.39, 0.29) is 11.1 Å². The Morgan fingerprint density at radius 3 is 2.44 bits per heavy atom. The Labute approximate surface area is 92.7 Å². The first-order valence-corrected chi connectivity index (χ1v) is 4.90. The van der Waals surface area contributed by atoms with Crippen LogP contribution in [0.3, 0.4) is 0 Å². The predicted molar refractivity (Wildman–Crippen MR) is 59.1 cm³/mol. The Morgan fingerprint density at radius 1 is 1.25 bits per heavy atom. The average molecular weight is 223 g/mol. The zero-order valence-corrected chi connectivity index (χ0v) is 8.86. The van der Waals surface area contributed by atoms with Crippen LogP contribution in [0.4, 0.5) is 5.69 Å². The summed E-state index contributed by atoms with van der Waals surface area (Å²) in [5, 5.41) is 20.6.